The van der Waals surface area contributed by atoms with Crippen LogP contribution in [0.1, 0.15) is 31.6 Å². The Kier molecular flexibility index (Phi) is 5.75. The second-order valence-corrected chi connectivity index (χ2v) is 5.97. The SMILES string of the molecule is CCC(CC)NCCc1ccc(Br)s1. The van der Waals surface area contributed by atoms with E-state index >= 15 is 0 Å². The summed E-state index contributed by atoms with van der Waals surface area (Å²) in [7, 11) is 0. The second kappa shape index (κ2) is 6.59. The van der Waals surface area contributed by atoms with Gasteiger partial charge in [0.1, 0.15) is 0 Å². The molecule has 1 nitrogen and oxygen atoms in total. The van der Waals surface area contributed by atoms with E-state index in [0.29, 0.717) is 6.04 Å². The zero-order valence-electron chi connectivity index (χ0n) is 8.85. The monoisotopic (exact) mass is 275 g/mol. The zero-order chi connectivity index (χ0) is 10.4. The van der Waals surface area contributed by atoms with Gasteiger partial charge in [-0.15, -0.1) is 11.3 Å². The highest BCUT2D eigenvalue weighted by molar-refractivity contribution is 9.11. The molecule has 0 atom stereocenters. The average molecular weight is 276 g/mol. The third-order valence-corrected chi connectivity index (χ3v) is 4.10. The molecule has 0 spiro atoms. The van der Waals surface area contributed by atoms with Gasteiger partial charge in [-0.05, 0) is 47.3 Å². The molecule has 0 saturated heterocycles. The van der Waals surface area contributed by atoms with Crippen LogP contribution >= 0.6 is 27.3 Å². The molecule has 1 aromatic heterocycles. The Bertz CT molecular complexity index is 256. The number of halogens is 1. The third-order valence-electron chi connectivity index (χ3n) is 2.42. The molecular weight excluding hydrogens is 258 g/mol. The van der Waals surface area contributed by atoms with Crippen LogP contribution < -0.4 is 5.32 Å². The Labute approximate surface area is 99.0 Å². The molecule has 1 N–H and O–H groups in total. The van der Waals surface area contributed by atoms with E-state index in [-0.39, 0.29) is 0 Å². The molecule has 0 bridgehead atoms. The first kappa shape index (κ1) is 12.2. The summed E-state index contributed by atoms with van der Waals surface area (Å²) in [6.45, 7) is 5.57. The second-order valence-electron chi connectivity index (χ2n) is 3.42. The maximum atomic E-state index is 3.57. The molecule has 0 amide bonds. The van der Waals surface area contributed by atoms with Crippen LogP contribution in [0.2, 0.25) is 0 Å². The van der Waals surface area contributed by atoms with E-state index in [1.54, 1.807) is 0 Å². The van der Waals surface area contributed by atoms with Gasteiger partial charge in [-0.1, -0.05) is 13.8 Å². The van der Waals surface area contributed by atoms with Gasteiger partial charge in [-0.25, -0.2) is 0 Å². The highest BCUT2D eigenvalue weighted by atomic mass is 79.9. The molecule has 80 valence electrons. The molecule has 0 saturated carbocycles. The highest BCUT2D eigenvalue weighted by Crippen LogP contribution is 2.22. The normalized spacial score (nSPS) is 11.1. The van der Waals surface area contributed by atoms with Crippen molar-refractivity contribution >= 4 is 27.3 Å². The van der Waals surface area contributed by atoms with Crippen molar-refractivity contribution in [3.8, 4) is 0 Å². The van der Waals surface area contributed by atoms with Gasteiger partial charge in [-0.3, -0.25) is 0 Å². The first-order chi connectivity index (χ1) is 6.76. The van der Waals surface area contributed by atoms with Crippen molar-refractivity contribution in [2.45, 2.75) is 39.2 Å². The largest absolute Gasteiger partial charge is 0.314 e. The van der Waals surface area contributed by atoms with Crippen LogP contribution in [0, 0.1) is 0 Å². The smallest absolute Gasteiger partial charge is 0.0701 e. The van der Waals surface area contributed by atoms with E-state index in [1.165, 1.54) is 21.5 Å². The third kappa shape index (κ3) is 4.11. The van der Waals surface area contributed by atoms with Crippen molar-refractivity contribution in [3.63, 3.8) is 0 Å². The number of hydrogen-bond donors (Lipinski definition) is 1. The summed E-state index contributed by atoms with van der Waals surface area (Å²) >= 11 is 5.31. The molecule has 0 aromatic carbocycles. The zero-order valence-corrected chi connectivity index (χ0v) is 11.2. The fourth-order valence-corrected chi connectivity index (χ4v) is 2.95. The highest BCUT2D eigenvalue weighted by Gasteiger charge is 2.02. The Balaban J connectivity index is 2.21. The van der Waals surface area contributed by atoms with Gasteiger partial charge in [0.2, 0.25) is 0 Å². The molecule has 14 heavy (non-hydrogen) atoms. The maximum absolute atomic E-state index is 3.57. The quantitative estimate of drug-likeness (QED) is 0.832. The van der Waals surface area contributed by atoms with E-state index in [9.17, 15) is 0 Å². The lowest BCUT2D eigenvalue weighted by Crippen LogP contribution is -2.29. The van der Waals surface area contributed by atoms with Gasteiger partial charge >= 0.3 is 0 Å². The fraction of sp³-hybridized carbons (Fsp3) is 0.636. The minimum absolute atomic E-state index is 0.693. The summed E-state index contributed by atoms with van der Waals surface area (Å²) in [5, 5.41) is 3.57. The van der Waals surface area contributed by atoms with Crippen molar-refractivity contribution in [2.24, 2.45) is 0 Å². The topological polar surface area (TPSA) is 12.0 Å². The van der Waals surface area contributed by atoms with Crippen LogP contribution in [-0.2, 0) is 6.42 Å². The van der Waals surface area contributed by atoms with Gasteiger partial charge in [0.15, 0.2) is 0 Å². The molecule has 1 heterocycles. The molecule has 1 aromatic rings. The predicted octanol–water partition coefficient (Wildman–Crippen LogP) is 3.83. The fourth-order valence-electron chi connectivity index (χ4n) is 1.46. The van der Waals surface area contributed by atoms with Crippen molar-refractivity contribution in [1.82, 2.24) is 5.32 Å². The molecule has 1 rings (SSSR count). The molecule has 0 aliphatic rings. The Morgan fingerprint density at radius 1 is 1.36 bits per heavy atom. The predicted molar refractivity (Wildman–Crippen MR) is 68.1 cm³/mol. The number of thiophene rings is 1. The Hall–Kier alpha value is 0.140. The van der Waals surface area contributed by atoms with Gasteiger partial charge in [-0.2, -0.15) is 0 Å². The van der Waals surface area contributed by atoms with Crippen molar-refractivity contribution in [2.75, 3.05) is 6.54 Å². The molecular formula is C11H18BrNS. The first-order valence-electron chi connectivity index (χ1n) is 5.23. The minimum atomic E-state index is 0.693. The molecule has 0 fully saturated rings. The number of hydrogen-bond acceptors (Lipinski definition) is 2. The lowest BCUT2D eigenvalue weighted by atomic mass is 10.1. The Morgan fingerprint density at radius 3 is 2.57 bits per heavy atom. The molecule has 3 heteroatoms. The lowest BCUT2D eigenvalue weighted by molar-refractivity contribution is 0.489. The van der Waals surface area contributed by atoms with Crippen LogP contribution in [0.15, 0.2) is 15.9 Å². The van der Waals surface area contributed by atoms with Crippen LogP contribution in [0.4, 0.5) is 0 Å². The molecule has 0 unspecified atom stereocenters. The van der Waals surface area contributed by atoms with Crippen molar-refractivity contribution in [3.05, 3.63) is 20.8 Å². The summed E-state index contributed by atoms with van der Waals surface area (Å²) in [4.78, 5) is 1.45. The summed E-state index contributed by atoms with van der Waals surface area (Å²) < 4.78 is 1.23. The average Bonchev–Trinajstić information content (AvgIpc) is 2.59. The van der Waals surface area contributed by atoms with Crippen molar-refractivity contribution in [1.29, 1.82) is 0 Å². The minimum Gasteiger partial charge on any atom is -0.314 e. The maximum Gasteiger partial charge on any atom is 0.0701 e. The van der Waals surface area contributed by atoms with E-state index in [2.05, 4.69) is 47.2 Å². The van der Waals surface area contributed by atoms with Crippen LogP contribution in [-0.4, -0.2) is 12.6 Å². The summed E-state index contributed by atoms with van der Waals surface area (Å²) in [6.07, 6.45) is 3.60. The van der Waals surface area contributed by atoms with Gasteiger partial charge in [0.05, 0.1) is 3.79 Å². The first-order valence-corrected chi connectivity index (χ1v) is 6.84. The summed E-state index contributed by atoms with van der Waals surface area (Å²) in [6, 6.07) is 5.01. The van der Waals surface area contributed by atoms with Crippen LogP contribution in [0.3, 0.4) is 0 Å². The molecule has 0 aliphatic heterocycles. The van der Waals surface area contributed by atoms with Crippen LogP contribution in [0.5, 0.6) is 0 Å². The van der Waals surface area contributed by atoms with E-state index in [1.807, 2.05) is 11.3 Å². The Morgan fingerprint density at radius 2 is 2.07 bits per heavy atom. The van der Waals surface area contributed by atoms with E-state index in [4.69, 9.17) is 0 Å². The standard InChI is InChI=1S/C11H18BrNS/c1-3-9(4-2)13-8-7-10-5-6-11(12)14-10/h5-6,9,13H,3-4,7-8H2,1-2H3. The van der Waals surface area contributed by atoms with Crippen LogP contribution in [0.25, 0.3) is 0 Å². The number of nitrogens with one attached hydrogen (secondary N) is 1. The van der Waals surface area contributed by atoms with Gasteiger partial charge in [0, 0.05) is 17.5 Å². The molecule has 0 aliphatic carbocycles. The van der Waals surface area contributed by atoms with Gasteiger partial charge < -0.3 is 5.32 Å². The number of rotatable bonds is 6. The van der Waals surface area contributed by atoms with E-state index in [0.717, 1.165) is 13.0 Å². The molecule has 0 radical (unpaired) electrons. The van der Waals surface area contributed by atoms with E-state index < -0.39 is 0 Å². The lowest BCUT2D eigenvalue weighted by Gasteiger charge is -2.13. The summed E-state index contributed by atoms with van der Waals surface area (Å²) in [5.41, 5.74) is 0. The van der Waals surface area contributed by atoms with Gasteiger partial charge in [0.25, 0.3) is 0 Å². The summed E-state index contributed by atoms with van der Waals surface area (Å²) in [5.74, 6) is 0. The van der Waals surface area contributed by atoms with Crippen molar-refractivity contribution < 1.29 is 0 Å².